The first-order valence-corrected chi connectivity index (χ1v) is 9.88. The van der Waals surface area contributed by atoms with Crippen LogP contribution in [0.4, 0.5) is 5.69 Å². The van der Waals surface area contributed by atoms with Gasteiger partial charge in [0.05, 0.1) is 29.9 Å². The quantitative estimate of drug-likeness (QED) is 0.410. The number of fused-ring (bicyclic) bond motifs is 1. The molecular formula is C23H21ClN2O5. The highest BCUT2D eigenvalue weighted by atomic mass is 35.5. The second-order valence-electron chi connectivity index (χ2n) is 6.33. The van der Waals surface area contributed by atoms with Gasteiger partial charge in [-0.15, -0.1) is 0 Å². The van der Waals surface area contributed by atoms with Crippen LogP contribution in [-0.4, -0.2) is 37.2 Å². The topological polar surface area (TPSA) is 86.8 Å². The van der Waals surface area contributed by atoms with Crippen molar-refractivity contribution >= 4 is 46.1 Å². The van der Waals surface area contributed by atoms with Gasteiger partial charge < -0.3 is 19.5 Å². The third-order valence-corrected chi connectivity index (χ3v) is 4.49. The van der Waals surface area contributed by atoms with Crippen LogP contribution in [-0.2, 0) is 14.3 Å². The average molecular weight is 441 g/mol. The Hall–Kier alpha value is -3.58. The number of hydrogen-bond donors (Lipinski definition) is 1. The summed E-state index contributed by atoms with van der Waals surface area (Å²) in [5.41, 5.74) is 1.97. The van der Waals surface area contributed by atoms with Gasteiger partial charge >= 0.3 is 5.97 Å². The van der Waals surface area contributed by atoms with Crippen LogP contribution in [0.15, 0.2) is 54.7 Å². The summed E-state index contributed by atoms with van der Waals surface area (Å²) in [6.07, 6.45) is 4.41. The molecule has 2 aromatic carbocycles. The van der Waals surface area contributed by atoms with E-state index in [1.807, 2.05) is 19.1 Å². The molecule has 8 heteroatoms. The second-order valence-corrected chi connectivity index (χ2v) is 6.74. The molecule has 0 aliphatic heterocycles. The Labute approximate surface area is 184 Å². The van der Waals surface area contributed by atoms with Crippen molar-refractivity contribution in [2.45, 2.75) is 6.92 Å². The van der Waals surface area contributed by atoms with Gasteiger partial charge in [-0.3, -0.25) is 9.78 Å². The van der Waals surface area contributed by atoms with Crippen molar-refractivity contribution in [3.05, 3.63) is 65.3 Å². The van der Waals surface area contributed by atoms with Crippen molar-refractivity contribution in [3.63, 3.8) is 0 Å². The molecule has 0 bridgehead atoms. The molecule has 0 aliphatic rings. The molecule has 0 atom stereocenters. The summed E-state index contributed by atoms with van der Waals surface area (Å²) in [5, 5.41) is 3.88. The van der Waals surface area contributed by atoms with Crippen LogP contribution in [0.1, 0.15) is 12.5 Å². The van der Waals surface area contributed by atoms with E-state index < -0.39 is 18.5 Å². The molecule has 0 saturated heterocycles. The molecule has 0 spiro atoms. The fourth-order valence-electron chi connectivity index (χ4n) is 2.89. The lowest BCUT2D eigenvalue weighted by Crippen LogP contribution is -2.20. The number of benzene rings is 2. The molecule has 1 N–H and O–H groups in total. The molecule has 1 aromatic heterocycles. The molecule has 160 valence electrons. The molecule has 3 aromatic rings. The standard InChI is InChI=1S/C23H21ClN2O5/c1-3-30-20-13-15(12-17(24)23(20)29-2)9-10-22(28)31-14-21(27)26-19-8-4-7-18-16(19)6-5-11-25-18/h4-13H,3,14H2,1-2H3,(H,26,27)/b10-9+. The van der Waals surface area contributed by atoms with Gasteiger partial charge in [0.25, 0.3) is 5.91 Å². The summed E-state index contributed by atoms with van der Waals surface area (Å²) in [5.74, 6) is -0.234. The Balaban J connectivity index is 1.59. The summed E-state index contributed by atoms with van der Waals surface area (Å²) in [6.45, 7) is 1.85. The summed E-state index contributed by atoms with van der Waals surface area (Å²) in [7, 11) is 1.50. The van der Waals surface area contributed by atoms with E-state index >= 15 is 0 Å². The first-order chi connectivity index (χ1) is 15.0. The fourth-order valence-corrected chi connectivity index (χ4v) is 3.19. The van der Waals surface area contributed by atoms with Gasteiger partial charge in [0.2, 0.25) is 0 Å². The van der Waals surface area contributed by atoms with E-state index in [9.17, 15) is 9.59 Å². The van der Waals surface area contributed by atoms with E-state index in [0.717, 1.165) is 10.9 Å². The van der Waals surface area contributed by atoms with Crippen LogP contribution >= 0.6 is 11.6 Å². The SMILES string of the molecule is CCOc1cc(/C=C/C(=O)OCC(=O)Nc2cccc3ncccc23)cc(Cl)c1OC. The second kappa shape index (κ2) is 10.4. The van der Waals surface area contributed by atoms with Gasteiger partial charge in [-0.05, 0) is 55.0 Å². The first kappa shape index (κ1) is 22.1. The van der Waals surface area contributed by atoms with Crippen LogP contribution in [0.25, 0.3) is 17.0 Å². The molecule has 1 amide bonds. The predicted octanol–water partition coefficient (Wildman–Crippen LogP) is 4.49. The molecule has 3 rings (SSSR count). The van der Waals surface area contributed by atoms with E-state index in [2.05, 4.69) is 10.3 Å². The highest BCUT2D eigenvalue weighted by Crippen LogP contribution is 2.36. The lowest BCUT2D eigenvalue weighted by molar-refractivity contribution is -0.142. The number of anilines is 1. The number of aromatic nitrogens is 1. The highest BCUT2D eigenvalue weighted by Gasteiger charge is 2.11. The molecule has 31 heavy (non-hydrogen) atoms. The predicted molar refractivity (Wildman–Crippen MR) is 120 cm³/mol. The number of hydrogen-bond acceptors (Lipinski definition) is 6. The van der Waals surface area contributed by atoms with Crippen LogP contribution in [0.5, 0.6) is 11.5 Å². The molecule has 1 heterocycles. The van der Waals surface area contributed by atoms with Gasteiger partial charge in [-0.1, -0.05) is 17.7 Å². The van der Waals surface area contributed by atoms with Crippen molar-refractivity contribution in [1.82, 2.24) is 4.98 Å². The maximum atomic E-state index is 12.2. The number of pyridine rings is 1. The Morgan fingerprint density at radius 3 is 2.81 bits per heavy atom. The zero-order valence-corrected chi connectivity index (χ0v) is 17.8. The van der Waals surface area contributed by atoms with Crippen molar-refractivity contribution in [3.8, 4) is 11.5 Å². The zero-order valence-electron chi connectivity index (χ0n) is 17.1. The average Bonchev–Trinajstić information content (AvgIpc) is 2.77. The van der Waals surface area contributed by atoms with Gasteiger partial charge in [-0.2, -0.15) is 0 Å². The molecular weight excluding hydrogens is 420 g/mol. The number of amides is 1. The number of rotatable bonds is 8. The van der Waals surface area contributed by atoms with E-state index in [0.29, 0.717) is 34.4 Å². The number of halogens is 1. The fraction of sp³-hybridized carbons (Fsp3) is 0.174. The third-order valence-electron chi connectivity index (χ3n) is 4.21. The summed E-state index contributed by atoms with van der Waals surface area (Å²) in [6, 6.07) is 12.4. The number of ether oxygens (including phenoxy) is 3. The molecule has 0 aliphatic carbocycles. The maximum Gasteiger partial charge on any atom is 0.331 e. The van der Waals surface area contributed by atoms with Crippen LogP contribution in [0.2, 0.25) is 5.02 Å². The largest absolute Gasteiger partial charge is 0.491 e. The normalized spacial score (nSPS) is 10.8. The Kier molecular flexibility index (Phi) is 7.45. The Morgan fingerprint density at radius 2 is 2.03 bits per heavy atom. The number of carbonyl (C=O) groups is 2. The van der Waals surface area contributed by atoms with Crippen molar-refractivity contribution < 1.29 is 23.8 Å². The number of methoxy groups -OCH3 is 1. The maximum absolute atomic E-state index is 12.2. The summed E-state index contributed by atoms with van der Waals surface area (Å²) >= 11 is 6.19. The summed E-state index contributed by atoms with van der Waals surface area (Å²) < 4.78 is 15.8. The zero-order chi connectivity index (χ0) is 22.2. The van der Waals surface area contributed by atoms with Crippen LogP contribution in [0, 0.1) is 0 Å². The lowest BCUT2D eigenvalue weighted by atomic mass is 10.2. The molecule has 0 fully saturated rings. The Bertz CT molecular complexity index is 1120. The van der Waals surface area contributed by atoms with Gasteiger partial charge in [-0.25, -0.2) is 4.79 Å². The third kappa shape index (κ3) is 5.73. The Morgan fingerprint density at radius 1 is 1.19 bits per heavy atom. The molecule has 7 nitrogen and oxygen atoms in total. The van der Waals surface area contributed by atoms with Gasteiger partial charge in [0.15, 0.2) is 18.1 Å². The molecule has 0 saturated carbocycles. The number of nitrogens with one attached hydrogen (secondary N) is 1. The number of esters is 1. The van der Waals surface area contributed by atoms with Crippen LogP contribution in [0.3, 0.4) is 0 Å². The van der Waals surface area contributed by atoms with E-state index in [-0.39, 0.29) is 0 Å². The molecule has 0 unspecified atom stereocenters. The van der Waals surface area contributed by atoms with E-state index in [1.165, 1.54) is 19.3 Å². The summed E-state index contributed by atoms with van der Waals surface area (Å²) in [4.78, 5) is 28.4. The van der Waals surface area contributed by atoms with Crippen molar-refractivity contribution in [2.75, 3.05) is 25.6 Å². The van der Waals surface area contributed by atoms with Gasteiger partial charge in [0.1, 0.15) is 0 Å². The first-order valence-electron chi connectivity index (χ1n) is 9.50. The number of nitrogens with zero attached hydrogens (tertiary/aromatic N) is 1. The van der Waals surface area contributed by atoms with E-state index in [4.69, 9.17) is 25.8 Å². The van der Waals surface area contributed by atoms with Crippen molar-refractivity contribution in [1.29, 1.82) is 0 Å². The monoisotopic (exact) mass is 440 g/mol. The highest BCUT2D eigenvalue weighted by molar-refractivity contribution is 6.32. The minimum absolute atomic E-state index is 0.352. The smallest absolute Gasteiger partial charge is 0.331 e. The lowest BCUT2D eigenvalue weighted by Gasteiger charge is -2.11. The van der Waals surface area contributed by atoms with E-state index in [1.54, 1.807) is 36.5 Å². The minimum Gasteiger partial charge on any atom is -0.491 e. The number of carbonyl (C=O) groups excluding carboxylic acids is 2. The van der Waals surface area contributed by atoms with Gasteiger partial charge in [0, 0.05) is 17.7 Å². The minimum atomic E-state index is -0.667. The van der Waals surface area contributed by atoms with Crippen LogP contribution < -0.4 is 14.8 Å². The van der Waals surface area contributed by atoms with Crippen molar-refractivity contribution in [2.24, 2.45) is 0 Å². The molecule has 0 radical (unpaired) electrons.